The molecule has 0 saturated heterocycles. The van der Waals surface area contributed by atoms with Gasteiger partial charge in [-0.3, -0.25) is 0 Å². The van der Waals surface area contributed by atoms with E-state index in [1.54, 1.807) is 12.1 Å². The number of rotatable bonds is 4. The van der Waals surface area contributed by atoms with Crippen molar-refractivity contribution in [2.75, 3.05) is 0 Å². The van der Waals surface area contributed by atoms with E-state index in [1.807, 2.05) is 37.3 Å². The normalized spacial score (nSPS) is 11.9. The van der Waals surface area contributed by atoms with E-state index in [-0.39, 0.29) is 11.6 Å². The van der Waals surface area contributed by atoms with E-state index in [9.17, 15) is 4.39 Å². The molecule has 2 nitrogen and oxygen atoms in total. The molecule has 0 saturated carbocycles. The van der Waals surface area contributed by atoms with Crippen LogP contribution < -0.4 is 5.32 Å². The molecule has 0 aliphatic heterocycles. The highest BCUT2D eigenvalue weighted by atomic mass is 79.9. The predicted octanol–water partition coefficient (Wildman–Crippen LogP) is 4.31. The first kappa shape index (κ1) is 14.7. The number of nitrogens with one attached hydrogen (secondary N) is 1. The molecule has 2 rings (SSSR count). The van der Waals surface area contributed by atoms with Gasteiger partial charge in [0.1, 0.15) is 11.9 Å². The van der Waals surface area contributed by atoms with Crippen molar-refractivity contribution in [3.8, 4) is 6.07 Å². The number of nitrogens with zero attached hydrogens (tertiary/aromatic N) is 1. The Hall–Kier alpha value is -1.70. The van der Waals surface area contributed by atoms with Gasteiger partial charge in [0.25, 0.3) is 0 Å². The maximum absolute atomic E-state index is 13.9. The maximum atomic E-state index is 13.9. The number of nitriles is 1. The summed E-state index contributed by atoms with van der Waals surface area (Å²) in [5.74, 6) is -0.439. The standard InChI is InChI=1S/C16H14BrFN2/c1-11(12-5-7-15(17)8-6-12)20-10-14-4-2-3-13(9-19)16(14)18/h2-8,11,20H,10H2,1H3. The van der Waals surface area contributed by atoms with Gasteiger partial charge in [-0.05, 0) is 30.7 Å². The first-order valence-corrected chi connectivity index (χ1v) is 7.07. The molecule has 0 aliphatic carbocycles. The molecule has 0 aliphatic rings. The molecule has 20 heavy (non-hydrogen) atoms. The highest BCUT2D eigenvalue weighted by Crippen LogP contribution is 2.18. The summed E-state index contributed by atoms with van der Waals surface area (Å²) in [4.78, 5) is 0. The zero-order chi connectivity index (χ0) is 14.5. The summed E-state index contributed by atoms with van der Waals surface area (Å²) in [6.45, 7) is 2.41. The maximum Gasteiger partial charge on any atom is 0.145 e. The van der Waals surface area contributed by atoms with E-state index in [0.29, 0.717) is 12.1 Å². The molecule has 2 aromatic rings. The summed E-state index contributed by atoms with van der Waals surface area (Å²) >= 11 is 3.40. The second-order valence-electron chi connectivity index (χ2n) is 4.54. The SMILES string of the molecule is CC(NCc1cccc(C#N)c1F)c1ccc(Br)cc1. The lowest BCUT2D eigenvalue weighted by Gasteiger charge is -2.15. The molecule has 102 valence electrons. The minimum absolute atomic E-state index is 0.0839. The Morgan fingerprint density at radius 1 is 1.25 bits per heavy atom. The smallest absolute Gasteiger partial charge is 0.145 e. The molecule has 2 aromatic carbocycles. The first-order valence-electron chi connectivity index (χ1n) is 6.28. The molecule has 0 aromatic heterocycles. The van der Waals surface area contributed by atoms with Crippen LogP contribution >= 0.6 is 15.9 Å². The molecule has 1 unspecified atom stereocenters. The van der Waals surface area contributed by atoms with Gasteiger partial charge in [0.15, 0.2) is 0 Å². The third-order valence-electron chi connectivity index (χ3n) is 3.17. The summed E-state index contributed by atoms with van der Waals surface area (Å²) in [5, 5.41) is 12.1. The van der Waals surface area contributed by atoms with Crippen LogP contribution in [0.2, 0.25) is 0 Å². The van der Waals surface area contributed by atoms with Gasteiger partial charge in [0.05, 0.1) is 5.56 Å². The van der Waals surface area contributed by atoms with E-state index in [2.05, 4.69) is 21.2 Å². The average molecular weight is 333 g/mol. The van der Waals surface area contributed by atoms with Crippen molar-refractivity contribution in [1.29, 1.82) is 5.26 Å². The zero-order valence-corrected chi connectivity index (χ0v) is 12.6. The van der Waals surface area contributed by atoms with Crippen molar-refractivity contribution in [2.45, 2.75) is 19.5 Å². The number of halogens is 2. The lowest BCUT2D eigenvalue weighted by molar-refractivity contribution is 0.543. The van der Waals surface area contributed by atoms with Gasteiger partial charge in [-0.25, -0.2) is 4.39 Å². The first-order chi connectivity index (χ1) is 9.61. The molecule has 1 atom stereocenters. The average Bonchev–Trinajstić information content (AvgIpc) is 2.46. The van der Waals surface area contributed by atoms with Crippen molar-refractivity contribution < 1.29 is 4.39 Å². The fraction of sp³-hybridized carbons (Fsp3) is 0.188. The molecular formula is C16H14BrFN2. The van der Waals surface area contributed by atoms with Crippen molar-refractivity contribution in [3.63, 3.8) is 0 Å². The van der Waals surface area contributed by atoms with Crippen molar-refractivity contribution in [2.24, 2.45) is 0 Å². The van der Waals surface area contributed by atoms with Crippen LogP contribution in [0.25, 0.3) is 0 Å². The highest BCUT2D eigenvalue weighted by Gasteiger charge is 2.09. The fourth-order valence-electron chi connectivity index (χ4n) is 1.94. The van der Waals surface area contributed by atoms with Crippen LogP contribution in [0.5, 0.6) is 0 Å². The second kappa shape index (κ2) is 6.65. The van der Waals surface area contributed by atoms with Crippen LogP contribution in [0.15, 0.2) is 46.9 Å². The van der Waals surface area contributed by atoms with E-state index in [0.717, 1.165) is 10.0 Å². The summed E-state index contributed by atoms with van der Waals surface area (Å²) in [6, 6.07) is 14.8. The Morgan fingerprint density at radius 2 is 1.95 bits per heavy atom. The van der Waals surface area contributed by atoms with Gasteiger partial charge < -0.3 is 5.32 Å². The van der Waals surface area contributed by atoms with Crippen molar-refractivity contribution >= 4 is 15.9 Å². The van der Waals surface area contributed by atoms with Crippen LogP contribution in [0.1, 0.15) is 29.7 Å². The molecule has 0 heterocycles. The van der Waals surface area contributed by atoms with Crippen molar-refractivity contribution in [3.05, 3.63) is 69.4 Å². The van der Waals surface area contributed by atoms with E-state index in [4.69, 9.17) is 5.26 Å². The Kier molecular flexibility index (Phi) is 4.89. The Labute approximate surface area is 126 Å². The van der Waals surface area contributed by atoms with Gasteiger partial charge in [-0.2, -0.15) is 5.26 Å². The zero-order valence-electron chi connectivity index (χ0n) is 11.0. The molecule has 1 N–H and O–H groups in total. The minimum atomic E-state index is -0.439. The van der Waals surface area contributed by atoms with E-state index < -0.39 is 5.82 Å². The van der Waals surface area contributed by atoms with Crippen LogP contribution in [0.4, 0.5) is 4.39 Å². The van der Waals surface area contributed by atoms with E-state index >= 15 is 0 Å². The number of hydrogen-bond acceptors (Lipinski definition) is 2. The van der Waals surface area contributed by atoms with E-state index in [1.165, 1.54) is 6.07 Å². The Morgan fingerprint density at radius 3 is 2.60 bits per heavy atom. The summed E-state index contributed by atoms with van der Waals surface area (Å²) in [7, 11) is 0. The lowest BCUT2D eigenvalue weighted by atomic mass is 10.1. The molecule has 0 spiro atoms. The van der Waals surface area contributed by atoms with Crippen LogP contribution in [-0.4, -0.2) is 0 Å². The van der Waals surface area contributed by atoms with Gasteiger partial charge in [-0.15, -0.1) is 0 Å². The Bertz CT molecular complexity index is 632. The monoisotopic (exact) mass is 332 g/mol. The number of hydrogen-bond donors (Lipinski definition) is 1. The molecule has 0 amide bonds. The van der Waals surface area contributed by atoms with Gasteiger partial charge >= 0.3 is 0 Å². The molecule has 0 radical (unpaired) electrons. The summed E-state index contributed by atoms with van der Waals surface area (Å²) in [6.07, 6.45) is 0. The fourth-order valence-corrected chi connectivity index (χ4v) is 2.20. The van der Waals surface area contributed by atoms with Gasteiger partial charge in [0, 0.05) is 22.6 Å². The minimum Gasteiger partial charge on any atom is -0.306 e. The van der Waals surface area contributed by atoms with Crippen LogP contribution in [0, 0.1) is 17.1 Å². The third kappa shape index (κ3) is 3.44. The topological polar surface area (TPSA) is 35.8 Å². The van der Waals surface area contributed by atoms with Crippen molar-refractivity contribution in [1.82, 2.24) is 5.32 Å². The summed E-state index contributed by atoms with van der Waals surface area (Å²) < 4.78 is 14.9. The second-order valence-corrected chi connectivity index (χ2v) is 5.46. The molecule has 0 fully saturated rings. The molecule has 0 bridgehead atoms. The third-order valence-corrected chi connectivity index (χ3v) is 3.70. The quantitative estimate of drug-likeness (QED) is 0.905. The largest absolute Gasteiger partial charge is 0.306 e. The molecular weight excluding hydrogens is 319 g/mol. The number of benzene rings is 2. The summed E-state index contributed by atoms with van der Waals surface area (Å²) in [5.41, 5.74) is 1.72. The van der Waals surface area contributed by atoms with Gasteiger partial charge in [-0.1, -0.05) is 40.2 Å². The van der Waals surface area contributed by atoms with Crippen LogP contribution in [0.3, 0.4) is 0 Å². The van der Waals surface area contributed by atoms with Gasteiger partial charge in [0.2, 0.25) is 0 Å². The molecule has 4 heteroatoms. The lowest BCUT2D eigenvalue weighted by Crippen LogP contribution is -2.19. The predicted molar refractivity (Wildman–Crippen MR) is 80.5 cm³/mol. The highest BCUT2D eigenvalue weighted by molar-refractivity contribution is 9.10. The Balaban J connectivity index is 2.05. The van der Waals surface area contributed by atoms with Crippen LogP contribution in [-0.2, 0) is 6.54 Å².